The smallest absolute Gasteiger partial charge is 0.227 e. The first-order chi connectivity index (χ1) is 7.18. The van der Waals surface area contributed by atoms with Gasteiger partial charge in [-0.3, -0.25) is 4.79 Å². The molecule has 0 aromatic carbocycles. The van der Waals surface area contributed by atoms with Gasteiger partial charge in [0.05, 0.1) is 5.92 Å². The molecular weight excluding hydrogens is 208 g/mol. The van der Waals surface area contributed by atoms with E-state index in [-0.39, 0.29) is 5.92 Å². The molecule has 0 spiro atoms. The zero-order valence-electron chi connectivity index (χ0n) is 9.53. The van der Waals surface area contributed by atoms with Gasteiger partial charge >= 0.3 is 0 Å². The van der Waals surface area contributed by atoms with E-state index in [1.807, 2.05) is 11.8 Å². The fraction of sp³-hybridized carbons (Fsp3) is 0.909. The molecule has 0 aliphatic carbocycles. The number of nitrogens with one attached hydrogen (secondary N) is 1. The van der Waals surface area contributed by atoms with E-state index in [0.29, 0.717) is 17.2 Å². The van der Waals surface area contributed by atoms with Crippen molar-refractivity contribution in [3.8, 4) is 0 Å². The lowest BCUT2D eigenvalue weighted by molar-refractivity contribution is -0.135. The van der Waals surface area contributed by atoms with Gasteiger partial charge in [-0.1, -0.05) is 6.92 Å². The van der Waals surface area contributed by atoms with Crippen molar-refractivity contribution in [1.82, 2.24) is 10.2 Å². The molecule has 2 heterocycles. The van der Waals surface area contributed by atoms with Gasteiger partial charge in [-0.25, -0.2) is 0 Å². The second kappa shape index (κ2) is 4.74. The molecule has 0 radical (unpaired) electrons. The van der Waals surface area contributed by atoms with Gasteiger partial charge in [0, 0.05) is 30.1 Å². The third-order valence-corrected chi connectivity index (χ3v) is 4.53. The Labute approximate surface area is 96.0 Å². The van der Waals surface area contributed by atoms with Crippen LogP contribution in [0.5, 0.6) is 0 Å². The van der Waals surface area contributed by atoms with Crippen molar-refractivity contribution < 1.29 is 4.79 Å². The molecule has 0 saturated carbocycles. The molecule has 1 amide bonds. The van der Waals surface area contributed by atoms with Gasteiger partial charge in [0.25, 0.3) is 0 Å². The van der Waals surface area contributed by atoms with Crippen LogP contribution in [-0.4, -0.2) is 47.5 Å². The van der Waals surface area contributed by atoms with E-state index in [1.54, 1.807) is 0 Å². The lowest BCUT2D eigenvalue weighted by Gasteiger charge is -2.33. The molecular formula is C11H20N2OS. The third kappa shape index (κ3) is 2.48. The first-order valence-electron chi connectivity index (χ1n) is 5.82. The summed E-state index contributed by atoms with van der Waals surface area (Å²) >= 11 is 1.97. The van der Waals surface area contributed by atoms with E-state index < -0.39 is 0 Å². The molecule has 3 nitrogen and oxygen atoms in total. The molecule has 0 bridgehead atoms. The second-order valence-electron chi connectivity index (χ2n) is 4.60. The highest BCUT2D eigenvalue weighted by atomic mass is 32.2. The van der Waals surface area contributed by atoms with Crippen LogP contribution < -0.4 is 5.32 Å². The lowest BCUT2D eigenvalue weighted by atomic mass is 10.0. The minimum absolute atomic E-state index is 0.222. The van der Waals surface area contributed by atoms with E-state index in [4.69, 9.17) is 0 Å². The van der Waals surface area contributed by atoms with Crippen LogP contribution in [-0.2, 0) is 4.79 Å². The Morgan fingerprint density at radius 1 is 1.47 bits per heavy atom. The average Bonchev–Trinajstić information content (AvgIpc) is 2.63. The zero-order chi connectivity index (χ0) is 10.8. The topological polar surface area (TPSA) is 32.3 Å². The first-order valence-corrected chi connectivity index (χ1v) is 6.87. The SMILES string of the molecule is CC1CN(C(=O)C2CCNC2C)CCS1. The molecule has 2 fully saturated rings. The minimum atomic E-state index is 0.222. The van der Waals surface area contributed by atoms with E-state index in [1.165, 1.54) is 0 Å². The minimum Gasteiger partial charge on any atom is -0.340 e. The lowest BCUT2D eigenvalue weighted by Crippen LogP contribution is -2.46. The summed E-state index contributed by atoms with van der Waals surface area (Å²) in [6.07, 6.45) is 1.01. The molecule has 15 heavy (non-hydrogen) atoms. The Balaban J connectivity index is 1.94. The van der Waals surface area contributed by atoms with E-state index in [2.05, 4.69) is 24.1 Å². The van der Waals surface area contributed by atoms with Crippen LogP contribution in [0.15, 0.2) is 0 Å². The van der Waals surface area contributed by atoms with Crippen LogP contribution in [0.25, 0.3) is 0 Å². The van der Waals surface area contributed by atoms with Gasteiger partial charge in [-0.2, -0.15) is 11.8 Å². The molecule has 2 saturated heterocycles. The van der Waals surface area contributed by atoms with Gasteiger partial charge in [0.2, 0.25) is 5.91 Å². The highest BCUT2D eigenvalue weighted by Gasteiger charge is 2.33. The number of rotatable bonds is 1. The van der Waals surface area contributed by atoms with Gasteiger partial charge in [-0.05, 0) is 19.9 Å². The highest BCUT2D eigenvalue weighted by Crippen LogP contribution is 2.23. The summed E-state index contributed by atoms with van der Waals surface area (Å²) in [5.74, 6) is 1.70. The Bertz CT molecular complexity index is 247. The summed E-state index contributed by atoms with van der Waals surface area (Å²) in [7, 11) is 0. The summed E-state index contributed by atoms with van der Waals surface area (Å²) in [5.41, 5.74) is 0. The summed E-state index contributed by atoms with van der Waals surface area (Å²) in [4.78, 5) is 14.3. The van der Waals surface area contributed by atoms with Crippen molar-refractivity contribution in [2.75, 3.05) is 25.4 Å². The summed E-state index contributed by atoms with van der Waals surface area (Å²) in [5, 5.41) is 3.95. The van der Waals surface area contributed by atoms with E-state index in [9.17, 15) is 4.79 Å². The predicted molar refractivity (Wildman–Crippen MR) is 64.1 cm³/mol. The Kier molecular flexibility index (Phi) is 3.57. The monoisotopic (exact) mass is 228 g/mol. The molecule has 3 unspecified atom stereocenters. The number of nitrogens with zero attached hydrogens (tertiary/aromatic N) is 1. The highest BCUT2D eigenvalue weighted by molar-refractivity contribution is 7.99. The molecule has 2 rings (SSSR count). The quantitative estimate of drug-likeness (QED) is 0.725. The molecule has 3 atom stereocenters. The number of hydrogen-bond donors (Lipinski definition) is 1. The average molecular weight is 228 g/mol. The van der Waals surface area contributed by atoms with Crippen molar-refractivity contribution in [2.24, 2.45) is 5.92 Å². The molecule has 2 aliphatic heterocycles. The maximum atomic E-state index is 12.2. The molecule has 0 aromatic heterocycles. The van der Waals surface area contributed by atoms with Crippen molar-refractivity contribution in [3.63, 3.8) is 0 Å². The standard InChI is InChI=1S/C11H20N2OS/c1-8-7-13(5-6-15-8)11(14)10-3-4-12-9(10)2/h8-10,12H,3-7H2,1-2H3. The Morgan fingerprint density at radius 3 is 2.87 bits per heavy atom. The van der Waals surface area contributed by atoms with Crippen LogP contribution in [0.3, 0.4) is 0 Å². The van der Waals surface area contributed by atoms with Crippen molar-refractivity contribution in [1.29, 1.82) is 0 Å². The number of amides is 1. The van der Waals surface area contributed by atoms with Gasteiger partial charge < -0.3 is 10.2 Å². The number of carbonyl (C=O) groups excluding carboxylic acids is 1. The maximum absolute atomic E-state index is 12.2. The van der Waals surface area contributed by atoms with Gasteiger partial charge in [0.15, 0.2) is 0 Å². The van der Waals surface area contributed by atoms with Crippen molar-refractivity contribution >= 4 is 17.7 Å². The predicted octanol–water partition coefficient (Wildman–Crippen LogP) is 0.948. The summed E-state index contributed by atoms with van der Waals surface area (Å²) in [6, 6.07) is 0.363. The first kappa shape index (κ1) is 11.3. The number of hydrogen-bond acceptors (Lipinski definition) is 3. The van der Waals surface area contributed by atoms with Crippen LogP contribution in [0.1, 0.15) is 20.3 Å². The van der Waals surface area contributed by atoms with Crippen LogP contribution in [0, 0.1) is 5.92 Å². The number of thioether (sulfide) groups is 1. The van der Waals surface area contributed by atoms with Crippen LogP contribution in [0.4, 0.5) is 0 Å². The van der Waals surface area contributed by atoms with Crippen molar-refractivity contribution in [2.45, 2.75) is 31.6 Å². The molecule has 4 heteroatoms. The maximum Gasteiger partial charge on any atom is 0.227 e. The van der Waals surface area contributed by atoms with Crippen LogP contribution in [0.2, 0.25) is 0 Å². The fourth-order valence-electron chi connectivity index (χ4n) is 2.45. The molecule has 0 aromatic rings. The Morgan fingerprint density at radius 2 is 2.27 bits per heavy atom. The summed E-state index contributed by atoms with van der Waals surface area (Å²) < 4.78 is 0. The normalized spacial score (nSPS) is 36.9. The molecule has 1 N–H and O–H groups in total. The van der Waals surface area contributed by atoms with Gasteiger partial charge in [-0.15, -0.1) is 0 Å². The van der Waals surface area contributed by atoms with Crippen LogP contribution >= 0.6 is 11.8 Å². The largest absolute Gasteiger partial charge is 0.340 e. The van der Waals surface area contributed by atoms with E-state index >= 15 is 0 Å². The van der Waals surface area contributed by atoms with Gasteiger partial charge in [0.1, 0.15) is 0 Å². The zero-order valence-corrected chi connectivity index (χ0v) is 10.3. The number of carbonyl (C=O) groups is 1. The third-order valence-electron chi connectivity index (χ3n) is 3.40. The fourth-order valence-corrected chi connectivity index (χ4v) is 3.46. The van der Waals surface area contributed by atoms with Crippen molar-refractivity contribution in [3.05, 3.63) is 0 Å². The molecule has 2 aliphatic rings. The Hall–Kier alpha value is -0.220. The summed E-state index contributed by atoms with van der Waals surface area (Å²) in [6.45, 7) is 7.21. The van der Waals surface area contributed by atoms with E-state index in [0.717, 1.165) is 31.8 Å². The second-order valence-corrected chi connectivity index (χ2v) is 6.15. The molecule has 86 valence electrons.